The lowest BCUT2D eigenvalue weighted by Gasteiger charge is -2.40. The topological polar surface area (TPSA) is 175 Å². The molecule has 1 rings (SSSR count). The second-order valence-corrected chi connectivity index (χ2v) is 25.7. The van der Waals surface area contributed by atoms with Gasteiger partial charge in [0.05, 0.1) is 32.0 Å². The Balaban J connectivity index is 1.89. The summed E-state index contributed by atoms with van der Waals surface area (Å²) in [6.45, 7) is 4.37. The molecule has 0 spiro atoms. The molecule has 11 heteroatoms. The van der Waals surface area contributed by atoms with Gasteiger partial charge in [-0.15, -0.1) is 0 Å². The normalized spacial score (nSPS) is 18.1. The summed E-state index contributed by atoms with van der Waals surface area (Å²) in [5.74, 6) is -0.160. The number of aliphatic hydroxyl groups is 5. The van der Waals surface area contributed by atoms with Gasteiger partial charge < -0.3 is 45.1 Å². The predicted octanol–water partition coefficient (Wildman–Crippen LogP) is 18.6. The van der Waals surface area contributed by atoms with Crippen LogP contribution in [0.15, 0.2) is 12.2 Å². The van der Waals surface area contributed by atoms with Gasteiger partial charge in [0.25, 0.3) is 0 Å². The summed E-state index contributed by atoms with van der Waals surface area (Å²) in [6.07, 6.45) is 66.6. The van der Waals surface area contributed by atoms with Crippen molar-refractivity contribution in [3.05, 3.63) is 12.2 Å². The largest absolute Gasteiger partial charge is 0.466 e. The van der Waals surface area contributed by atoms with Crippen molar-refractivity contribution in [2.75, 3.05) is 19.8 Å². The maximum Gasteiger partial charge on any atom is 0.305 e. The smallest absolute Gasteiger partial charge is 0.305 e. The zero-order valence-corrected chi connectivity index (χ0v) is 54.7. The third-order valence-corrected chi connectivity index (χ3v) is 17.7. The van der Waals surface area contributed by atoms with Crippen LogP contribution in [0, 0.1) is 0 Å². The molecule has 1 aliphatic rings. The minimum absolute atomic E-state index is 0.0159. The van der Waals surface area contributed by atoms with Crippen molar-refractivity contribution < 1.29 is 49.3 Å². The quantitative estimate of drug-likeness (QED) is 0.0195. The SMILES string of the molecule is CCCCCCCCCC/C=C/C(O)C(COC1OC(CO)C(O)C(O)C1O)NC(=O)CCCCCCCCCCCCCCCCCCCCCCCCCCCCCCCCCCCOC(=O)CCCCCCCCCCCCCC. The van der Waals surface area contributed by atoms with Crippen LogP contribution >= 0.6 is 0 Å². The Labute approximate surface area is 512 Å². The first-order valence-corrected chi connectivity index (χ1v) is 36.5. The van der Waals surface area contributed by atoms with Crippen LogP contribution in [0.2, 0.25) is 0 Å². The maximum absolute atomic E-state index is 13.0. The van der Waals surface area contributed by atoms with E-state index in [1.165, 1.54) is 295 Å². The molecule has 0 radical (unpaired) electrons. The van der Waals surface area contributed by atoms with Crippen molar-refractivity contribution in [1.82, 2.24) is 5.32 Å². The molecule has 492 valence electrons. The summed E-state index contributed by atoms with van der Waals surface area (Å²) in [7, 11) is 0. The minimum Gasteiger partial charge on any atom is -0.466 e. The van der Waals surface area contributed by atoms with Gasteiger partial charge in [0.2, 0.25) is 5.91 Å². The van der Waals surface area contributed by atoms with E-state index in [1.807, 2.05) is 6.08 Å². The summed E-state index contributed by atoms with van der Waals surface area (Å²) < 4.78 is 16.7. The fourth-order valence-corrected chi connectivity index (χ4v) is 11.9. The van der Waals surface area contributed by atoms with E-state index in [0.717, 1.165) is 51.4 Å². The van der Waals surface area contributed by atoms with E-state index >= 15 is 0 Å². The fourth-order valence-electron chi connectivity index (χ4n) is 11.9. The number of rotatable bonds is 65. The standard InChI is InChI=1S/C72H139NO10/c1-3-5-7-9-11-13-15-40-44-48-52-56-60-68(77)81-61-57-53-49-45-41-38-36-34-32-30-28-26-24-22-20-18-16-17-19-21-23-25-27-29-31-33-35-37-39-43-47-51-55-59-67(76)73-64(63-82-72-71(80)70(79)69(78)66(62-74)83-72)65(75)58-54-50-46-42-14-12-10-8-6-4-2/h54,58,64-66,69-72,74-75,78-80H,3-53,55-57,59-63H2,1-2H3,(H,73,76)/b58-54+. The van der Waals surface area contributed by atoms with E-state index in [9.17, 15) is 35.1 Å². The van der Waals surface area contributed by atoms with Crippen LogP contribution in [0.1, 0.15) is 373 Å². The first kappa shape index (κ1) is 79.4. The molecule has 0 saturated carbocycles. The number of carbonyl (C=O) groups excluding carboxylic acids is 2. The van der Waals surface area contributed by atoms with E-state index in [0.29, 0.717) is 19.4 Å². The number of ether oxygens (including phenoxy) is 3. The Hall–Kier alpha value is -1.60. The molecular formula is C72H139NO10. The Morgan fingerprint density at radius 3 is 1.12 bits per heavy atom. The third kappa shape index (κ3) is 51.0. The van der Waals surface area contributed by atoms with Crippen molar-refractivity contribution in [1.29, 1.82) is 0 Å². The molecule has 0 bridgehead atoms. The lowest BCUT2D eigenvalue weighted by Crippen LogP contribution is -2.60. The van der Waals surface area contributed by atoms with Crippen LogP contribution in [0.4, 0.5) is 0 Å². The monoisotopic (exact) mass is 1180 g/mol. The summed E-state index contributed by atoms with van der Waals surface area (Å²) in [4.78, 5) is 25.1. The van der Waals surface area contributed by atoms with Gasteiger partial charge in [0.1, 0.15) is 24.4 Å². The number of hydrogen-bond acceptors (Lipinski definition) is 10. The van der Waals surface area contributed by atoms with Crippen LogP contribution in [0.25, 0.3) is 0 Å². The number of hydrogen-bond donors (Lipinski definition) is 6. The van der Waals surface area contributed by atoms with E-state index in [4.69, 9.17) is 14.2 Å². The number of amides is 1. The van der Waals surface area contributed by atoms with Crippen molar-refractivity contribution in [3.8, 4) is 0 Å². The number of nitrogens with one attached hydrogen (secondary N) is 1. The summed E-state index contributed by atoms with van der Waals surface area (Å²) in [5.41, 5.74) is 0. The third-order valence-electron chi connectivity index (χ3n) is 17.7. The van der Waals surface area contributed by atoms with Crippen LogP contribution in [-0.2, 0) is 23.8 Å². The molecule has 1 aliphatic heterocycles. The Morgan fingerprint density at radius 1 is 0.434 bits per heavy atom. The molecule has 83 heavy (non-hydrogen) atoms. The molecule has 1 heterocycles. The van der Waals surface area contributed by atoms with Gasteiger partial charge in [-0.2, -0.15) is 0 Å². The second kappa shape index (κ2) is 62.0. The number of unbranched alkanes of at least 4 members (excludes halogenated alkanes) is 51. The van der Waals surface area contributed by atoms with Crippen molar-refractivity contribution in [2.24, 2.45) is 0 Å². The Kier molecular flexibility index (Phi) is 59.3. The molecule has 6 N–H and O–H groups in total. The number of esters is 1. The first-order chi connectivity index (χ1) is 40.7. The molecule has 0 aliphatic carbocycles. The number of aliphatic hydroxyl groups excluding tert-OH is 5. The molecule has 1 saturated heterocycles. The zero-order valence-electron chi connectivity index (χ0n) is 54.7. The molecule has 7 unspecified atom stereocenters. The summed E-state index contributed by atoms with van der Waals surface area (Å²) in [5, 5.41) is 54.4. The van der Waals surface area contributed by atoms with Crippen molar-refractivity contribution in [3.63, 3.8) is 0 Å². The Bertz CT molecular complexity index is 1380. The van der Waals surface area contributed by atoms with E-state index in [-0.39, 0.29) is 18.5 Å². The zero-order chi connectivity index (χ0) is 60.2. The molecule has 11 nitrogen and oxygen atoms in total. The highest BCUT2D eigenvalue weighted by Gasteiger charge is 2.44. The van der Waals surface area contributed by atoms with Gasteiger partial charge in [0, 0.05) is 12.8 Å². The highest BCUT2D eigenvalue weighted by atomic mass is 16.7. The molecule has 0 aromatic carbocycles. The second-order valence-electron chi connectivity index (χ2n) is 25.7. The van der Waals surface area contributed by atoms with Crippen molar-refractivity contribution in [2.45, 2.75) is 416 Å². The van der Waals surface area contributed by atoms with Gasteiger partial charge in [-0.1, -0.05) is 341 Å². The van der Waals surface area contributed by atoms with Crippen LogP contribution < -0.4 is 5.32 Å². The van der Waals surface area contributed by atoms with Gasteiger partial charge in [-0.3, -0.25) is 9.59 Å². The van der Waals surface area contributed by atoms with Gasteiger partial charge in [-0.25, -0.2) is 0 Å². The molecule has 1 fully saturated rings. The average molecular weight is 1180 g/mol. The van der Waals surface area contributed by atoms with Crippen LogP contribution in [0.5, 0.6) is 0 Å². The predicted molar refractivity (Wildman–Crippen MR) is 348 cm³/mol. The van der Waals surface area contributed by atoms with Gasteiger partial charge >= 0.3 is 5.97 Å². The maximum atomic E-state index is 13.0. The van der Waals surface area contributed by atoms with Crippen LogP contribution in [-0.4, -0.2) is 100 Å². The highest BCUT2D eigenvalue weighted by molar-refractivity contribution is 5.76. The molecule has 0 aromatic rings. The average Bonchev–Trinajstić information content (AvgIpc) is 3.53. The van der Waals surface area contributed by atoms with Crippen molar-refractivity contribution >= 4 is 11.9 Å². The first-order valence-electron chi connectivity index (χ1n) is 36.5. The number of carbonyl (C=O) groups is 2. The Morgan fingerprint density at radius 2 is 0.759 bits per heavy atom. The summed E-state index contributed by atoms with van der Waals surface area (Å²) in [6, 6.07) is -0.804. The van der Waals surface area contributed by atoms with Crippen LogP contribution in [0.3, 0.4) is 0 Å². The molecule has 0 aromatic heterocycles. The molecule has 7 atom stereocenters. The lowest BCUT2D eigenvalue weighted by atomic mass is 9.99. The minimum atomic E-state index is -1.57. The highest BCUT2D eigenvalue weighted by Crippen LogP contribution is 2.24. The van der Waals surface area contributed by atoms with E-state index in [2.05, 4.69) is 19.2 Å². The van der Waals surface area contributed by atoms with Gasteiger partial charge in [0.15, 0.2) is 6.29 Å². The molecular weight excluding hydrogens is 1040 g/mol. The van der Waals surface area contributed by atoms with E-state index < -0.39 is 49.5 Å². The van der Waals surface area contributed by atoms with E-state index in [1.54, 1.807) is 6.08 Å². The molecule has 1 amide bonds. The lowest BCUT2D eigenvalue weighted by molar-refractivity contribution is -0.302. The summed E-state index contributed by atoms with van der Waals surface area (Å²) >= 11 is 0. The van der Waals surface area contributed by atoms with Gasteiger partial charge in [-0.05, 0) is 32.1 Å². The number of allylic oxidation sites excluding steroid dienone is 1. The fraction of sp³-hybridized carbons (Fsp3) is 0.944.